The molecule has 3 aromatic heterocycles. The Balaban J connectivity index is 1.15. The smallest absolute Gasteiger partial charge is 0.269 e. The molecule has 0 fully saturated rings. The average Bonchev–Trinajstić information content (AvgIpc) is 3.91. The van der Waals surface area contributed by atoms with E-state index in [0.717, 1.165) is 10.8 Å². The molecule has 0 amide bonds. The third-order valence-electron chi connectivity index (χ3n) is 9.61. The highest BCUT2D eigenvalue weighted by atomic mass is 16.5. The van der Waals surface area contributed by atoms with Gasteiger partial charge in [-0.15, -0.1) is 0 Å². The van der Waals surface area contributed by atoms with Crippen LogP contribution in [0.1, 0.15) is 46.9 Å². The second-order valence-corrected chi connectivity index (χ2v) is 14.6. The molecule has 0 saturated heterocycles. The van der Waals surface area contributed by atoms with Crippen molar-refractivity contribution in [1.82, 2.24) is 14.1 Å². The third kappa shape index (κ3) is 6.50. The van der Waals surface area contributed by atoms with Crippen LogP contribution in [-0.4, -0.2) is 14.1 Å². The van der Waals surface area contributed by atoms with Gasteiger partial charge in [0.05, 0.1) is 51.3 Å². The molecule has 0 atom stereocenters. The van der Waals surface area contributed by atoms with Crippen molar-refractivity contribution < 1.29 is 29.9 Å². The predicted molar refractivity (Wildman–Crippen MR) is 236 cm³/mol. The van der Waals surface area contributed by atoms with Gasteiger partial charge in [0.25, 0.3) is 6.33 Å². The summed E-state index contributed by atoms with van der Waals surface area (Å²) in [5.74, 6) is 0.741. The molecular formula is C53H42N4O. The van der Waals surface area contributed by atoms with Gasteiger partial charge in [0, 0.05) is 25.8 Å². The predicted octanol–water partition coefficient (Wildman–Crippen LogP) is 12.9. The zero-order valence-electron chi connectivity index (χ0n) is 46.6. The standard InChI is InChI=1S/C53H42N4O/c1-53(2,3)35-37-30-31-54-51(32-37)57-47-25-11-10-22-45(47)46-29-28-42(34-50(46)57)58-41-21-14-20-40(33-41)55-36-56(49-27-13-12-26-48(49)55)52-43(38-16-6-4-7-17-38)23-15-24-44(52)39-18-8-5-9-19-39/h4-34H,35H2,1-3H3/i4D,5D,6D,7D,8D,9D,16D,17D,18D,19D,30D,31D,32D,35D2. The van der Waals surface area contributed by atoms with E-state index in [-0.39, 0.29) is 45.4 Å². The molecule has 0 unspecified atom stereocenters. The lowest BCUT2D eigenvalue weighted by atomic mass is 9.88. The van der Waals surface area contributed by atoms with Crippen LogP contribution in [0.25, 0.3) is 72.3 Å². The number of rotatable bonds is 8. The zero-order valence-corrected chi connectivity index (χ0v) is 31.6. The van der Waals surface area contributed by atoms with Crippen LogP contribution in [0.15, 0.2) is 188 Å². The molecule has 0 saturated carbocycles. The van der Waals surface area contributed by atoms with Gasteiger partial charge in [0.1, 0.15) is 17.3 Å². The zero-order chi connectivity index (χ0) is 52.3. The molecule has 10 rings (SSSR count). The molecule has 0 aliphatic rings. The van der Waals surface area contributed by atoms with Crippen molar-refractivity contribution in [3.8, 4) is 50.9 Å². The lowest BCUT2D eigenvalue weighted by Gasteiger charge is -2.18. The summed E-state index contributed by atoms with van der Waals surface area (Å²) in [6.45, 7) is 5.04. The van der Waals surface area contributed by atoms with Crippen LogP contribution in [0, 0.1) is 11.7 Å². The summed E-state index contributed by atoms with van der Waals surface area (Å²) in [4.78, 5) is 4.42. The van der Waals surface area contributed by atoms with Crippen LogP contribution in [0.2, 0.25) is 0 Å². The first kappa shape index (κ1) is 22.5. The first-order valence-corrected chi connectivity index (χ1v) is 18.6. The highest BCUT2D eigenvalue weighted by Gasteiger charge is 2.20. The van der Waals surface area contributed by atoms with E-state index in [1.54, 1.807) is 95.1 Å². The first-order chi connectivity index (χ1) is 34.5. The van der Waals surface area contributed by atoms with E-state index in [2.05, 4.69) is 11.3 Å². The normalized spacial score (nSPS) is 15.7. The van der Waals surface area contributed by atoms with Crippen molar-refractivity contribution in [2.75, 3.05) is 0 Å². The van der Waals surface area contributed by atoms with Crippen molar-refractivity contribution in [3.63, 3.8) is 0 Å². The fourth-order valence-electron chi connectivity index (χ4n) is 7.29. The minimum Gasteiger partial charge on any atom is -0.458 e. The molecule has 58 heavy (non-hydrogen) atoms. The van der Waals surface area contributed by atoms with E-state index in [4.69, 9.17) is 23.9 Å². The van der Waals surface area contributed by atoms with Gasteiger partial charge in [0.2, 0.25) is 0 Å². The molecule has 0 aliphatic carbocycles. The Labute approximate surface area is 359 Å². The largest absolute Gasteiger partial charge is 0.458 e. The number of ether oxygens (including phenoxy) is 1. The van der Waals surface area contributed by atoms with Crippen LogP contribution < -0.4 is 9.30 Å². The fourth-order valence-corrected chi connectivity index (χ4v) is 7.29. The van der Waals surface area contributed by atoms with Gasteiger partial charge in [-0.3, -0.25) is 13.7 Å². The number of para-hydroxylation sites is 4. The Bertz CT molecular complexity index is 3830. The van der Waals surface area contributed by atoms with Gasteiger partial charge in [-0.2, -0.15) is 0 Å². The molecule has 5 heteroatoms. The van der Waals surface area contributed by atoms with E-state index in [9.17, 15) is 1.37 Å². The van der Waals surface area contributed by atoms with E-state index < -0.39 is 84.4 Å². The number of pyridine rings is 1. The van der Waals surface area contributed by atoms with Gasteiger partial charge >= 0.3 is 0 Å². The SMILES string of the molecule is [2H]c1nc(-n2c3ccccc3c3ccc(Oc4cccc(-n5[c-][n+](-c6c(-c7c([2H])c([2H])c([2H])c([2H])c7[2H])cccc6-c6c([2H])c([2H])c([2H])c([2H])c6[2H])c6ccccc65)c4)cc32)c([2H])c(C([2H])([2H])C(C)(C)C)c1[2H]. The molecule has 5 nitrogen and oxygen atoms in total. The first-order valence-electron chi connectivity index (χ1n) is 26.1. The highest BCUT2D eigenvalue weighted by molar-refractivity contribution is 6.09. The number of imidazole rings is 1. The number of hydrogen-bond donors (Lipinski definition) is 0. The summed E-state index contributed by atoms with van der Waals surface area (Å²) >= 11 is 0. The quantitative estimate of drug-likeness (QED) is 0.114. The summed E-state index contributed by atoms with van der Waals surface area (Å²) in [5.41, 5.74) is 1.56. The second kappa shape index (κ2) is 14.4. The molecule has 7 aromatic carbocycles. The number of fused-ring (bicyclic) bond motifs is 4. The van der Waals surface area contributed by atoms with Crippen molar-refractivity contribution in [2.45, 2.75) is 27.1 Å². The van der Waals surface area contributed by atoms with E-state index >= 15 is 0 Å². The summed E-state index contributed by atoms with van der Waals surface area (Å²) in [6.07, 6.45) is 0.742. The molecule has 0 spiro atoms. The molecule has 3 heterocycles. The summed E-state index contributed by atoms with van der Waals surface area (Å²) in [7, 11) is 0. The van der Waals surface area contributed by atoms with Crippen molar-refractivity contribution >= 4 is 32.8 Å². The second-order valence-electron chi connectivity index (χ2n) is 14.6. The summed E-state index contributed by atoms with van der Waals surface area (Å²) in [6, 6.07) is 25.5. The van der Waals surface area contributed by atoms with Gasteiger partial charge in [-0.1, -0.05) is 148 Å². The molecule has 0 bridgehead atoms. The third-order valence-corrected chi connectivity index (χ3v) is 9.61. The van der Waals surface area contributed by atoms with Crippen LogP contribution >= 0.6 is 0 Å². The average molecular weight is 766 g/mol. The fraction of sp³-hybridized carbons (Fsp3) is 0.0943. The van der Waals surface area contributed by atoms with Crippen LogP contribution in [-0.2, 0) is 6.37 Å². The molecule has 0 radical (unpaired) electrons. The summed E-state index contributed by atoms with van der Waals surface area (Å²) < 4.78 is 143. The highest BCUT2D eigenvalue weighted by Crippen LogP contribution is 2.37. The molecule has 0 N–H and O–H groups in total. The van der Waals surface area contributed by atoms with Gasteiger partial charge in [-0.25, -0.2) is 4.98 Å². The van der Waals surface area contributed by atoms with Crippen molar-refractivity contribution in [2.24, 2.45) is 5.41 Å². The molecule has 280 valence electrons. The number of aromatic nitrogens is 4. The van der Waals surface area contributed by atoms with Crippen molar-refractivity contribution in [3.05, 3.63) is 200 Å². The molecular weight excluding hydrogens is 709 g/mol. The van der Waals surface area contributed by atoms with Gasteiger partial charge in [-0.05, 0) is 88.1 Å². The monoisotopic (exact) mass is 765 g/mol. The lowest BCUT2D eigenvalue weighted by molar-refractivity contribution is -0.571. The van der Waals surface area contributed by atoms with Gasteiger partial charge < -0.3 is 4.74 Å². The Morgan fingerprint density at radius 3 is 2.07 bits per heavy atom. The van der Waals surface area contributed by atoms with Crippen LogP contribution in [0.3, 0.4) is 0 Å². The summed E-state index contributed by atoms with van der Waals surface area (Å²) in [5, 5.41) is 1.57. The van der Waals surface area contributed by atoms with E-state index in [1.807, 2.05) is 48.5 Å². The minimum atomic E-state index is -2.17. The molecule has 10 aromatic rings. The van der Waals surface area contributed by atoms with Crippen LogP contribution in [0.5, 0.6) is 11.5 Å². The molecule has 0 aliphatic heterocycles. The number of benzene rings is 7. The maximum Gasteiger partial charge on any atom is 0.269 e. The van der Waals surface area contributed by atoms with E-state index in [1.165, 1.54) is 0 Å². The maximum absolute atomic E-state index is 9.35. The van der Waals surface area contributed by atoms with Gasteiger partial charge in [0.15, 0.2) is 0 Å². The minimum absolute atomic E-state index is 0.0133. The van der Waals surface area contributed by atoms with Crippen molar-refractivity contribution in [1.29, 1.82) is 0 Å². The Hall–Kier alpha value is -7.24. The topological polar surface area (TPSA) is 35.9 Å². The number of hydrogen-bond acceptors (Lipinski definition) is 2. The Kier molecular flexibility index (Phi) is 5.57. The Morgan fingerprint density at radius 2 is 1.33 bits per heavy atom. The Morgan fingerprint density at radius 1 is 0.672 bits per heavy atom. The van der Waals surface area contributed by atoms with Crippen LogP contribution in [0.4, 0.5) is 0 Å². The number of nitrogens with zero attached hydrogens (tertiary/aromatic N) is 4. The van der Waals surface area contributed by atoms with E-state index in [0.29, 0.717) is 39.3 Å². The maximum atomic E-state index is 9.35. The lowest BCUT2D eigenvalue weighted by Crippen LogP contribution is -2.31.